The first-order valence-electron chi connectivity index (χ1n) is 5.07. The molecule has 0 saturated carbocycles. The van der Waals surface area contributed by atoms with Crippen LogP contribution in [0.25, 0.3) is 0 Å². The van der Waals surface area contributed by atoms with Crippen LogP contribution in [0.3, 0.4) is 0 Å². The minimum Gasteiger partial charge on any atom is -0.256 e. The minimum atomic E-state index is -3.07. The molecule has 5 nitrogen and oxygen atoms in total. The number of hydrogen-bond donors (Lipinski definition) is 0. The predicted octanol–water partition coefficient (Wildman–Crippen LogP) is 0.917. The predicted molar refractivity (Wildman–Crippen MR) is 61.8 cm³/mol. The van der Waals surface area contributed by atoms with Crippen LogP contribution in [0, 0.1) is 6.92 Å². The van der Waals surface area contributed by atoms with Crippen LogP contribution >= 0.6 is 11.6 Å². The Morgan fingerprint density at radius 2 is 2.19 bits per heavy atom. The second-order valence-electron chi connectivity index (χ2n) is 3.98. The van der Waals surface area contributed by atoms with Crippen molar-refractivity contribution in [3.05, 3.63) is 16.4 Å². The van der Waals surface area contributed by atoms with Crippen LogP contribution in [0.15, 0.2) is 0 Å². The molecule has 1 aliphatic heterocycles. The van der Waals surface area contributed by atoms with Gasteiger partial charge in [-0.05, 0) is 13.3 Å². The van der Waals surface area contributed by atoms with Crippen LogP contribution in [-0.2, 0) is 23.6 Å². The van der Waals surface area contributed by atoms with E-state index < -0.39 is 10.0 Å². The number of sulfonamides is 1. The molecule has 0 bridgehead atoms. The molecule has 1 saturated heterocycles. The van der Waals surface area contributed by atoms with E-state index in [1.165, 1.54) is 4.31 Å². The lowest BCUT2D eigenvalue weighted by molar-refractivity contribution is 0.439. The van der Waals surface area contributed by atoms with E-state index in [1.54, 1.807) is 11.7 Å². The van der Waals surface area contributed by atoms with E-state index in [0.717, 1.165) is 11.3 Å². The molecule has 16 heavy (non-hydrogen) atoms. The van der Waals surface area contributed by atoms with Crippen LogP contribution in [0.4, 0.5) is 0 Å². The number of halogens is 1. The van der Waals surface area contributed by atoms with Crippen molar-refractivity contribution in [1.29, 1.82) is 0 Å². The third-order valence-corrected chi connectivity index (χ3v) is 5.18. The summed E-state index contributed by atoms with van der Waals surface area (Å²) < 4.78 is 26.3. The van der Waals surface area contributed by atoms with E-state index in [4.69, 9.17) is 11.6 Å². The third-order valence-electron chi connectivity index (χ3n) is 2.81. The Kier molecular flexibility index (Phi) is 2.98. The van der Waals surface area contributed by atoms with Crippen molar-refractivity contribution in [3.63, 3.8) is 0 Å². The Bertz CT molecular complexity index is 509. The largest absolute Gasteiger partial charge is 0.256 e. The smallest absolute Gasteiger partial charge is 0.214 e. The van der Waals surface area contributed by atoms with E-state index in [2.05, 4.69) is 5.10 Å². The van der Waals surface area contributed by atoms with Crippen LogP contribution in [0.5, 0.6) is 0 Å². The highest BCUT2D eigenvalue weighted by molar-refractivity contribution is 7.89. The van der Waals surface area contributed by atoms with Gasteiger partial charge >= 0.3 is 0 Å². The van der Waals surface area contributed by atoms with E-state index in [-0.39, 0.29) is 5.75 Å². The Morgan fingerprint density at radius 1 is 1.50 bits per heavy atom. The first-order valence-corrected chi connectivity index (χ1v) is 7.06. The molecule has 1 aromatic rings. The molecule has 1 aromatic heterocycles. The van der Waals surface area contributed by atoms with E-state index in [0.29, 0.717) is 24.7 Å². The first-order chi connectivity index (χ1) is 7.42. The summed E-state index contributed by atoms with van der Waals surface area (Å²) in [5, 5.41) is 4.68. The van der Waals surface area contributed by atoms with Gasteiger partial charge < -0.3 is 0 Å². The summed E-state index contributed by atoms with van der Waals surface area (Å²) in [6, 6.07) is 0. The maximum Gasteiger partial charge on any atom is 0.214 e. The monoisotopic (exact) mass is 263 g/mol. The molecule has 0 aliphatic carbocycles. The molecule has 0 spiro atoms. The molecule has 2 heterocycles. The zero-order valence-electron chi connectivity index (χ0n) is 9.27. The molecule has 0 atom stereocenters. The molecule has 2 rings (SSSR count). The van der Waals surface area contributed by atoms with Gasteiger partial charge in [0.25, 0.3) is 0 Å². The standard InChI is InChI=1S/C9H14ClN3O2S/c1-7-8(9(10)12(2)11-7)6-13-4-3-5-16(13,14)15/h3-6H2,1-2H3. The Labute approximate surface area is 100 Å². The van der Waals surface area contributed by atoms with Crippen molar-refractivity contribution >= 4 is 21.6 Å². The molecule has 0 amide bonds. The third kappa shape index (κ3) is 1.97. The van der Waals surface area contributed by atoms with Gasteiger partial charge in [-0.2, -0.15) is 9.40 Å². The molecule has 0 unspecified atom stereocenters. The van der Waals surface area contributed by atoms with Crippen molar-refractivity contribution < 1.29 is 8.42 Å². The SMILES string of the molecule is Cc1nn(C)c(Cl)c1CN1CCCS1(=O)=O. The van der Waals surface area contributed by atoms with Gasteiger partial charge in [0.05, 0.1) is 11.4 Å². The molecule has 1 fully saturated rings. The van der Waals surface area contributed by atoms with Crippen molar-refractivity contribution in [1.82, 2.24) is 14.1 Å². The van der Waals surface area contributed by atoms with Gasteiger partial charge in [0.2, 0.25) is 10.0 Å². The van der Waals surface area contributed by atoms with Crippen molar-refractivity contribution in [2.24, 2.45) is 7.05 Å². The highest BCUT2D eigenvalue weighted by Gasteiger charge is 2.29. The van der Waals surface area contributed by atoms with Gasteiger partial charge in [0.15, 0.2) is 0 Å². The highest BCUT2D eigenvalue weighted by atomic mass is 35.5. The van der Waals surface area contributed by atoms with Crippen molar-refractivity contribution in [2.75, 3.05) is 12.3 Å². The van der Waals surface area contributed by atoms with E-state index >= 15 is 0 Å². The van der Waals surface area contributed by atoms with Crippen molar-refractivity contribution in [2.45, 2.75) is 19.9 Å². The number of rotatable bonds is 2. The number of aryl methyl sites for hydroxylation is 2. The fraction of sp³-hybridized carbons (Fsp3) is 0.667. The summed E-state index contributed by atoms with van der Waals surface area (Å²) in [7, 11) is -1.32. The quantitative estimate of drug-likeness (QED) is 0.797. The average Bonchev–Trinajstić information content (AvgIpc) is 2.62. The molecule has 1 aliphatic rings. The van der Waals surface area contributed by atoms with Gasteiger partial charge in [0, 0.05) is 25.7 Å². The summed E-state index contributed by atoms with van der Waals surface area (Å²) in [5.41, 5.74) is 1.59. The van der Waals surface area contributed by atoms with Crippen LogP contribution < -0.4 is 0 Å². The summed E-state index contributed by atoms with van der Waals surface area (Å²) in [6.07, 6.45) is 0.694. The highest BCUT2D eigenvalue weighted by Crippen LogP contribution is 2.24. The first kappa shape index (κ1) is 11.9. The van der Waals surface area contributed by atoms with Gasteiger partial charge in [-0.15, -0.1) is 0 Å². The molecular formula is C9H14ClN3O2S. The lowest BCUT2D eigenvalue weighted by atomic mass is 10.2. The zero-order chi connectivity index (χ0) is 11.9. The molecule has 0 N–H and O–H groups in total. The number of aromatic nitrogens is 2. The van der Waals surface area contributed by atoms with Crippen molar-refractivity contribution in [3.8, 4) is 0 Å². The van der Waals surface area contributed by atoms with E-state index in [1.807, 2.05) is 6.92 Å². The molecule has 0 aromatic carbocycles. The topological polar surface area (TPSA) is 55.2 Å². The molecular weight excluding hydrogens is 250 g/mol. The second-order valence-corrected chi connectivity index (χ2v) is 6.43. The van der Waals surface area contributed by atoms with Crippen LogP contribution in [-0.4, -0.2) is 34.8 Å². The summed E-state index contributed by atoms with van der Waals surface area (Å²) in [4.78, 5) is 0. The lowest BCUT2D eigenvalue weighted by Crippen LogP contribution is -2.25. The van der Waals surface area contributed by atoms with Crippen LogP contribution in [0.2, 0.25) is 5.15 Å². The summed E-state index contributed by atoms with van der Waals surface area (Å²) >= 11 is 6.06. The van der Waals surface area contributed by atoms with Crippen LogP contribution in [0.1, 0.15) is 17.7 Å². The van der Waals surface area contributed by atoms with E-state index in [9.17, 15) is 8.42 Å². The van der Waals surface area contributed by atoms with Gasteiger partial charge in [0.1, 0.15) is 5.15 Å². The normalized spacial score (nSPS) is 20.4. The Morgan fingerprint density at radius 3 is 2.62 bits per heavy atom. The molecule has 0 radical (unpaired) electrons. The summed E-state index contributed by atoms with van der Waals surface area (Å²) in [6.45, 7) is 2.75. The fourth-order valence-corrected chi connectivity index (χ4v) is 3.62. The maximum atomic E-state index is 11.7. The lowest BCUT2D eigenvalue weighted by Gasteiger charge is -2.13. The molecule has 7 heteroatoms. The summed E-state index contributed by atoms with van der Waals surface area (Å²) in [5.74, 6) is 0.240. The maximum absolute atomic E-state index is 11.7. The molecule has 90 valence electrons. The zero-order valence-corrected chi connectivity index (χ0v) is 10.8. The van der Waals surface area contributed by atoms with Gasteiger partial charge in [-0.25, -0.2) is 8.42 Å². The fourth-order valence-electron chi connectivity index (χ4n) is 1.90. The minimum absolute atomic E-state index is 0.240. The number of hydrogen-bond acceptors (Lipinski definition) is 3. The average molecular weight is 264 g/mol. The van der Waals surface area contributed by atoms with Gasteiger partial charge in [-0.3, -0.25) is 4.68 Å². The Hall–Kier alpha value is -0.590. The number of nitrogens with zero attached hydrogens (tertiary/aromatic N) is 3. The van der Waals surface area contributed by atoms with Gasteiger partial charge in [-0.1, -0.05) is 11.6 Å². The second kappa shape index (κ2) is 4.01. The Balaban J connectivity index is 2.28.